The maximum Gasteiger partial charge on any atom is 0.263 e. The Morgan fingerprint density at radius 3 is 2.66 bits per heavy atom. The molecule has 0 saturated carbocycles. The van der Waals surface area contributed by atoms with E-state index >= 15 is 0 Å². The Labute approximate surface area is 190 Å². The van der Waals surface area contributed by atoms with Crippen molar-refractivity contribution in [3.05, 3.63) is 88.7 Å². The van der Waals surface area contributed by atoms with E-state index in [2.05, 4.69) is 4.72 Å². The van der Waals surface area contributed by atoms with Crippen LogP contribution in [0.5, 0.6) is 5.75 Å². The summed E-state index contributed by atoms with van der Waals surface area (Å²) >= 11 is 5.91. The van der Waals surface area contributed by atoms with Gasteiger partial charge in [-0.3, -0.25) is 9.52 Å². The third-order valence-electron chi connectivity index (χ3n) is 5.06. The number of amides is 1. The Kier molecular flexibility index (Phi) is 6.08. The van der Waals surface area contributed by atoms with E-state index in [9.17, 15) is 17.6 Å². The molecule has 3 aromatic carbocycles. The summed E-state index contributed by atoms with van der Waals surface area (Å²) in [5.41, 5.74) is 1.29. The van der Waals surface area contributed by atoms with Gasteiger partial charge in [-0.25, -0.2) is 12.8 Å². The number of nitrogens with zero attached hydrogens (tertiary/aromatic N) is 1. The predicted molar refractivity (Wildman–Crippen MR) is 119 cm³/mol. The van der Waals surface area contributed by atoms with Crippen molar-refractivity contribution in [1.82, 2.24) is 4.90 Å². The monoisotopic (exact) mass is 474 g/mol. The highest BCUT2D eigenvalue weighted by Gasteiger charge is 2.29. The van der Waals surface area contributed by atoms with Gasteiger partial charge in [-0.05, 0) is 49.4 Å². The van der Waals surface area contributed by atoms with Crippen molar-refractivity contribution < 1.29 is 22.3 Å². The molecule has 1 aliphatic heterocycles. The zero-order valence-corrected chi connectivity index (χ0v) is 18.7. The van der Waals surface area contributed by atoms with E-state index in [0.29, 0.717) is 27.6 Å². The quantitative estimate of drug-likeness (QED) is 0.587. The Morgan fingerprint density at radius 1 is 1.12 bits per heavy atom. The van der Waals surface area contributed by atoms with E-state index < -0.39 is 21.9 Å². The van der Waals surface area contributed by atoms with Crippen LogP contribution in [0.25, 0.3) is 0 Å². The summed E-state index contributed by atoms with van der Waals surface area (Å²) in [5, 5.41) is 0.305. The first-order valence-electron chi connectivity index (χ1n) is 9.83. The van der Waals surface area contributed by atoms with Crippen molar-refractivity contribution in [2.24, 2.45) is 0 Å². The van der Waals surface area contributed by atoms with Crippen LogP contribution >= 0.6 is 11.6 Å². The molecule has 0 unspecified atom stereocenters. The van der Waals surface area contributed by atoms with Crippen LogP contribution in [-0.4, -0.2) is 25.3 Å². The lowest BCUT2D eigenvalue weighted by molar-refractivity contribution is -0.138. The Morgan fingerprint density at radius 2 is 1.91 bits per heavy atom. The van der Waals surface area contributed by atoms with Gasteiger partial charge < -0.3 is 9.64 Å². The maximum atomic E-state index is 14.2. The largest absolute Gasteiger partial charge is 0.481 e. The molecular formula is C23H20ClFN2O4S. The lowest BCUT2D eigenvalue weighted by Crippen LogP contribution is -2.37. The van der Waals surface area contributed by atoms with Crippen molar-refractivity contribution in [2.45, 2.75) is 31.0 Å². The molecule has 166 valence electrons. The highest BCUT2D eigenvalue weighted by molar-refractivity contribution is 7.92. The molecule has 0 bridgehead atoms. The summed E-state index contributed by atoms with van der Waals surface area (Å²) in [7, 11) is -3.87. The van der Waals surface area contributed by atoms with E-state index in [-0.39, 0.29) is 23.9 Å². The second-order valence-corrected chi connectivity index (χ2v) is 9.55. The van der Waals surface area contributed by atoms with E-state index in [1.807, 2.05) is 0 Å². The summed E-state index contributed by atoms with van der Waals surface area (Å²) in [6, 6.07) is 17.0. The summed E-state index contributed by atoms with van der Waals surface area (Å²) in [6.07, 6.45) is -0.767. The second-order valence-electron chi connectivity index (χ2n) is 7.43. The minimum atomic E-state index is -3.87. The predicted octanol–water partition coefficient (Wildman–Crippen LogP) is 4.59. The highest BCUT2D eigenvalue weighted by Crippen LogP contribution is 2.30. The topological polar surface area (TPSA) is 75.7 Å². The number of sulfonamides is 1. The first-order valence-corrected chi connectivity index (χ1v) is 11.7. The van der Waals surface area contributed by atoms with E-state index in [1.54, 1.807) is 55.5 Å². The van der Waals surface area contributed by atoms with Crippen molar-refractivity contribution in [2.75, 3.05) is 4.72 Å². The Balaban J connectivity index is 1.62. The lowest BCUT2D eigenvalue weighted by Gasteiger charge is -2.22. The molecule has 1 aliphatic rings. The number of carbonyl (C=O) groups is 1. The van der Waals surface area contributed by atoms with Crippen LogP contribution in [-0.2, 0) is 27.9 Å². The number of hydrogen-bond acceptors (Lipinski definition) is 4. The number of carbonyl (C=O) groups excluding carboxylic acids is 1. The molecular weight excluding hydrogens is 455 g/mol. The molecule has 6 nitrogen and oxygen atoms in total. The van der Waals surface area contributed by atoms with Crippen molar-refractivity contribution >= 4 is 33.2 Å². The fourth-order valence-electron chi connectivity index (χ4n) is 3.48. The number of halogens is 2. The van der Waals surface area contributed by atoms with Gasteiger partial charge in [-0.1, -0.05) is 35.9 Å². The lowest BCUT2D eigenvalue weighted by atomic mass is 10.1. The normalized spacial score (nSPS) is 16.2. The molecule has 1 atom stereocenters. The number of benzene rings is 3. The van der Waals surface area contributed by atoms with E-state index in [1.165, 1.54) is 23.1 Å². The smallest absolute Gasteiger partial charge is 0.263 e. The van der Waals surface area contributed by atoms with Gasteiger partial charge in [-0.2, -0.15) is 0 Å². The molecule has 32 heavy (non-hydrogen) atoms. The fourth-order valence-corrected chi connectivity index (χ4v) is 4.83. The Hall–Kier alpha value is -3.10. The van der Waals surface area contributed by atoms with Crippen LogP contribution in [0.15, 0.2) is 71.6 Å². The summed E-state index contributed by atoms with van der Waals surface area (Å²) in [5.74, 6) is -0.223. The molecule has 3 aromatic rings. The molecule has 1 amide bonds. The molecule has 0 fully saturated rings. The van der Waals surface area contributed by atoms with Crippen LogP contribution in [0, 0.1) is 5.82 Å². The van der Waals surface area contributed by atoms with Gasteiger partial charge in [0, 0.05) is 34.9 Å². The summed E-state index contributed by atoms with van der Waals surface area (Å²) in [6.45, 7) is 1.83. The van der Waals surface area contributed by atoms with Gasteiger partial charge in [0.25, 0.3) is 15.9 Å². The van der Waals surface area contributed by atoms with Gasteiger partial charge in [-0.15, -0.1) is 0 Å². The van der Waals surface area contributed by atoms with Gasteiger partial charge >= 0.3 is 0 Å². The minimum absolute atomic E-state index is 0.0289. The molecule has 0 spiro atoms. The van der Waals surface area contributed by atoms with Crippen LogP contribution < -0.4 is 9.46 Å². The molecule has 0 radical (unpaired) electrons. The number of anilines is 1. The number of hydrogen-bond donors (Lipinski definition) is 1. The summed E-state index contributed by atoms with van der Waals surface area (Å²) < 4.78 is 47.9. The fraction of sp³-hybridized carbons (Fsp3) is 0.174. The van der Waals surface area contributed by atoms with Crippen LogP contribution in [0.3, 0.4) is 0 Å². The van der Waals surface area contributed by atoms with Gasteiger partial charge in [0.05, 0.1) is 4.90 Å². The van der Waals surface area contributed by atoms with E-state index in [0.717, 1.165) is 0 Å². The average molecular weight is 475 g/mol. The second kappa shape index (κ2) is 8.80. The third-order valence-corrected chi connectivity index (χ3v) is 6.68. The molecule has 0 saturated heterocycles. The number of rotatable bonds is 5. The standard InChI is InChI=1S/C23H20ClFN2O4S/c1-15-23(28)27(13-16-5-2-3-8-21(16)25)14-17-11-19(9-10-22(17)31-15)26-32(29,30)20-7-4-6-18(24)12-20/h2-12,15,26H,13-14H2,1H3/t15-/m0/s1. The highest BCUT2D eigenvalue weighted by atomic mass is 35.5. The van der Waals surface area contributed by atoms with Crippen LogP contribution in [0.4, 0.5) is 10.1 Å². The SMILES string of the molecule is C[C@@H]1Oc2ccc(NS(=O)(=O)c3cccc(Cl)c3)cc2CN(Cc2ccccc2F)C1=O. The molecule has 4 rings (SSSR count). The third kappa shape index (κ3) is 4.71. The number of fused-ring (bicyclic) bond motifs is 1. The van der Waals surface area contributed by atoms with Gasteiger partial charge in [0.15, 0.2) is 6.10 Å². The van der Waals surface area contributed by atoms with Crippen LogP contribution in [0.1, 0.15) is 18.1 Å². The summed E-state index contributed by atoms with van der Waals surface area (Å²) in [4.78, 5) is 14.3. The molecule has 0 aliphatic carbocycles. The van der Waals surface area contributed by atoms with Crippen molar-refractivity contribution in [3.8, 4) is 5.75 Å². The molecule has 1 N–H and O–H groups in total. The van der Waals surface area contributed by atoms with Gasteiger partial charge in [0.1, 0.15) is 11.6 Å². The van der Waals surface area contributed by atoms with Crippen LogP contribution in [0.2, 0.25) is 5.02 Å². The zero-order valence-electron chi connectivity index (χ0n) is 17.1. The molecule has 1 heterocycles. The number of nitrogens with one attached hydrogen (secondary N) is 1. The number of ether oxygens (including phenoxy) is 1. The maximum absolute atomic E-state index is 14.2. The zero-order chi connectivity index (χ0) is 22.9. The average Bonchev–Trinajstić information content (AvgIpc) is 2.86. The Bertz CT molecular complexity index is 1280. The first-order chi connectivity index (χ1) is 15.2. The minimum Gasteiger partial charge on any atom is -0.481 e. The first kappa shape index (κ1) is 22.1. The molecule has 0 aromatic heterocycles. The van der Waals surface area contributed by atoms with E-state index in [4.69, 9.17) is 16.3 Å². The van der Waals surface area contributed by atoms with Crippen molar-refractivity contribution in [1.29, 1.82) is 0 Å². The van der Waals surface area contributed by atoms with Crippen molar-refractivity contribution in [3.63, 3.8) is 0 Å². The van der Waals surface area contributed by atoms with Gasteiger partial charge in [0.2, 0.25) is 0 Å². The molecule has 9 heteroatoms.